The average Bonchev–Trinajstić information content (AvgIpc) is 2.36. The van der Waals surface area contributed by atoms with Crippen LogP contribution in [0.1, 0.15) is 65.2 Å². The third-order valence-corrected chi connectivity index (χ3v) is 3.79. The van der Waals surface area contributed by atoms with Crippen LogP contribution in [0.15, 0.2) is 0 Å². The molecule has 0 aromatic heterocycles. The van der Waals surface area contributed by atoms with E-state index in [0.717, 1.165) is 44.6 Å². The van der Waals surface area contributed by atoms with Crippen molar-refractivity contribution in [2.24, 2.45) is 5.92 Å². The van der Waals surface area contributed by atoms with Crippen molar-refractivity contribution >= 4 is 0 Å². The maximum Gasteiger partial charge on any atom is 0.0478 e. The monoisotopic (exact) mass is 241 g/mol. The summed E-state index contributed by atoms with van der Waals surface area (Å²) in [6.45, 7) is 7.44. The van der Waals surface area contributed by atoms with Gasteiger partial charge in [-0.25, -0.2) is 0 Å². The lowest BCUT2D eigenvalue weighted by atomic mass is 9.83. The first-order valence-electron chi connectivity index (χ1n) is 7.68. The molecule has 0 heterocycles. The van der Waals surface area contributed by atoms with Gasteiger partial charge in [0, 0.05) is 19.3 Å². The minimum absolute atomic E-state index is 0.786. The van der Waals surface area contributed by atoms with Gasteiger partial charge in [-0.2, -0.15) is 0 Å². The van der Waals surface area contributed by atoms with Crippen molar-refractivity contribution in [3.05, 3.63) is 0 Å². The van der Waals surface area contributed by atoms with Gasteiger partial charge in [0.1, 0.15) is 0 Å². The summed E-state index contributed by atoms with van der Waals surface area (Å²) in [6.07, 6.45) is 10.8. The molecule has 2 heteroatoms. The average molecular weight is 241 g/mol. The van der Waals surface area contributed by atoms with Crippen LogP contribution >= 0.6 is 0 Å². The largest absolute Gasteiger partial charge is 0.381 e. The molecule has 0 aliphatic heterocycles. The van der Waals surface area contributed by atoms with Crippen LogP contribution < -0.4 is 5.32 Å². The first kappa shape index (κ1) is 15.0. The van der Waals surface area contributed by atoms with Crippen LogP contribution in [0.25, 0.3) is 0 Å². The molecule has 0 spiro atoms. The highest BCUT2D eigenvalue weighted by Crippen LogP contribution is 2.27. The first-order valence-corrected chi connectivity index (χ1v) is 7.68. The predicted octanol–water partition coefficient (Wildman–Crippen LogP) is 3.75. The van der Waals surface area contributed by atoms with Crippen molar-refractivity contribution in [2.45, 2.75) is 71.3 Å². The maximum absolute atomic E-state index is 5.48. The van der Waals surface area contributed by atoms with E-state index in [1.54, 1.807) is 0 Å². The fourth-order valence-electron chi connectivity index (χ4n) is 2.79. The molecule has 102 valence electrons. The van der Waals surface area contributed by atoms with Crippen molar-refractivity contribution in [2.75, 3.05) is 19.8 Å². The van der Waals surface area contributed by atoms with Crippen LogP contribution in [-0.4, -0.2) is 25.8 Å². The Hall–Kier alpha value is -0.0800. The molecule has 1 aliphatic rings. The molecule has 17 heavy (non-hydrogen) atoms. The lowest BCUT2D eigenvalue weighted by Crippen LogP contribution is -2.34. The van der Waals surface area contributed by atoms with E-state index in [4.69, 9.17) is 4.74 Å². The molecule has 0 atom stereocenters. The molecule has 0 unspecified atom stereocenters. The van der Waals surface area contributed by atoms with E-state index in [9.17, 15) is 0 Å². The van der Waals surface area contributed by atoms with Gasteiger partial charge in [-0.1, -0.05) is 26.7 Å². The summed E-state index contributed by atoms with van der Waals surface area (Å²) >= 11 is 0. The second-order valence-electron chi connectivity index (χ2n) is 5.43. The standard InChI is InChI=1S/C15H31NO/c1-3-6-14-7-9-15(10-8-14)16-11-5-13-17-12-4-2/h14-16H,3-13H2,1-2H3. The molecule has 1 rings (SSSR count). The zero-order chi connectivity index (χ0) is 12.3. The SMILES string of the molecule is CCCOCCCNC1CCC(CCC)CC1. The maximum atomic E-state index is 5.48. The third kappa shape index (κ3) is 7.05. The minimum Gasteiger partial charge on any atom is -0.381 e. The predicted molar refractivity (Wildman–Crippen MR) is 74.4 cm³/mol. The van der Waals surface area contributed by atoms with Gasteiger partial charge in [0.15, 0.2) is 0 Å². The molecule has 1 fully saturated rings. The molecule has 1 N–H and O–H groups in total. The summed E-state index contributed by atoms with van der Waals surface area (Å²) in [5.41, 5.74) is 0. The fourth-order valence-corrected chi connectivity index (χ4v) is 2.79. The zero-order valence-electron chi connectivity index (χ0n) is 11.8. The van der Waals surface area contributed by atoms with Crippen LogP contribution in [0, 0.1) is 5.92 Å². The Morgan fingerprint density at radius 1 is 1.00 bits per heavy atom. The van der Waals surface area contributed by atoms with Gasteiger partial charge in [-0.15, -0.1) is 0 Å². The number of hydrogen-bond acceptors (Lipinski definition) is 2. The molecule has 0 bridgehead atoms. The number of nitrogens with one attached hydrogen (secondary N) is 1. The smallest absolute Gasteiger partial charge is 0.0478 e. The summed E-state index contributed by atoms with van der Waals surface area (Å²) in [4.78, 5) is 0. The van der Waals surface area contributed by atoms with E-state index < -0.39 is 0 Å². The Bertz CT molecular complexity index is 164. The van der Waals surface area contributed by atoms with Gasteiger partial charge in [-0.3, -0.25) is 0 Å². The van der Waals surface area contributed by atoms with Crippen molar-refractivity contribution in [1.82, 2.24) is 5.32 Å². The van der Waals surface area contributed by atoms with Gasteiger partial charge >= 0.3 is 0 Å². The molecule has 1 saturated carbocycles. The molecule has 0 aromatic carbocycles. The van der Waals surface area contributed by atoms with E-state index in [1.807, 2.05) is 0 Å². The van der Waals surface area contributed by atoms with E-state index >= 15 is 0 Å². The van der Waals surface area contributed by atoms with E-state index in [-0.39, 0.29) is 0 Å². The van der Waals surface area contributed by atoms with Gasteiger partial charge in [-0.05, 0) is 51.0 Å². The van der Waals surface area contributed by atoms with Crippen molar-refractivity contribution in [3.63, 3.8) is 0 Å². The highest BCUT2D eigenvalue weighted by molar-refractivity contribution is 4.76. The summed E-state index contributed by atoms with van der Waals surface area (Å²) in [5, 5.41) is 3.68. The van der Waals surface area contributed by atoms with Gasteiger partial charge in [0.2, 0.25) is 0 Å². The summed E-state index contributed by atoms with van der Waals surface area (Å²) in [6, 6.07) is 0.786. The van der Waals surface area contributed by atoms with Gasteiger partial charge in [0.25, 0.3) is 0 Å². The van der Waals surface area contributed by atoms with Crippen molar-refractivity contribution in [1.29, 1.82) is 0 Å². The van der Waals surface area contributed by atoms with Crippen LogP contribution in [0.5, 0.6) is 0 Å². The van der Waals surface area contributed by atoms with Crippen LogP contribution in [-0.2, 0) is 4.74 Å². The Labute approximate surface area is 108 Å². The van der Waals surface area contributed by atoms with Crippen molar-refractivity contribution < 1.29 is 4.74 Å². The Balaban J connectivity index is 1.91. The Kier molecular flexibility index (Phi) is 8.72. The summed E-state index contributed by atoms with van der Waals surface area (Å²) in [7, 11) is 0. The number of rotatable bonds is 9. The summed E-state index contributed by atoms with van der Waals surface area (Å²) in [5.74, 6) is 1.02. The second kappa shape index (κ2) is 9.90. The number of ether oxygens (including phenoxy) is 1. The van der Waals surface area contributed by atoms with Gasteiger partial charge < -0.3 is 10.1 Å². The Morgan fingerprint density at radius 2 is 1.76 bits per heavy atom. The lowest BCUT2D eigenvalue weighted by Gasteiger charge is -2.29. The molecule has 0 radical (unpaired) electrons. The highest BCUT2D eigenvalue weighted by atomic mass is 16.5. The fraction of sp³-hybridized carbons (Fsp3) is 1.00. The van der Waals surface area contributed by atoms with Crippen molar-refractivity contribution in [3.8, 4) is 0 Å². The number of hydrogen-bond donors (Lipinski definition) is 1. The highest BCUT2D eigenvalue weighted by Gasteiger charge is 2.19. The molecular formula is C15H31NO. The molecule has 0 saturated heterocycles. The quantitative estimate of drug-likeness (QED) is 0.621. The summed E-state index contributed by atoms with van der Waals surface area (Å²) < 4.78 is 5.48. The van der Waals surface area contributed by atoms with E-state index in [0.29, 0.717) is 0 Å². The second-order valence-corrected chi connectivity index (χ2v) is 5.43. The van der Waals surface area contributed by atoms with E-state index in [2.05, 4.69) is 19.2 Å². The normalized spacial score (nSPS) is 25.1. The minimum atomic E-state index is 0.786. The van der Waals surface area contributed by atoms with Gasteiger partial charge in [0.05, 0.1) is 0 Å². The third-order valence-electron chi connectivity index (χ3n) is 3.79. The zero-order valence-corrected chi connectivity index (χ0v) is 11.8. The molecule has 0 aromatic rings. The van der Waals surface area contributed by atoms with Crippen LogP contribution in [0.3, 0.4) is 0 Å². The molecule has 1 aliphatic carbocycles. The lowest BCUT2D eigenvalue weighted by molar-refractivity contribution is 0.131. The van der Waals surface area contributed by atoms with Crippen LogP contribution in [0.2, 0.25) is 0 Å². The molecular weight excluding hydrogens is 210 g/mol. The molecule has 2 nitrogen and oxygen atoms in total. The first-order chi connectivity index (χ1) is 8.36. The van der Waals surface area contributed by atoms with Crippen LogP contribution in [0.4, 0.5) is 0 Å². The topological polar surface area (TPSA) is 21.3 Å². The van der Waals surface area contributed by atoms with E-state index in [1.165, 1.54) is 38.5 Å². The Morgan fingerprint density at radius 3 is 2.41 bits per heavy atom. The molecule has 0 amide bonds.